The summed E-state index contributed by atoms with van der Waals surface area (Å²) in [5.74, 6) is 0. The van der Waals surface area contributed by atoms with Crippen LogP contribution in [0.4, 0.5) is 0 Å². The first-order valence-electron chi connectivity index (χ1n) is 1.18. The van der Waals surface area contributed by atoms with E-state index in [2.05, 4.69) is 17.1 Å². The Hall–Kier alpha value is 1.31. The van der Waals surface area contributed by atoms with Crippen molar-refractivity contribution in [3.05, 3.63) is 0 Å². The molecule has 0 aliphatic heterocycles. The summed E-state index contributed by atoms with van der Waals surface area (Å²) in [6.45, 7) is 2.57. The number of hydrogen-bond donors (Lipinski definition) is 1. The van der Waals surface area contributed by atoms with E-state index < -0.39 is 0 Å². The molecule has 0 atom stereocenters. The Labute approximate surface area is 60.0 Å². The Kier molecular flexibility index (Phi) is 17.2. The fourth-order valence-electron chi connectivity index (χ4n) is 0. The summed E-state index contributed by atoms with van der Waals surface area (Å²) < 4.78 is 4.24. The normalized spacial score (nSPS) is 6.00. The van der Waals surface area contributed by atoms with Crippen molar-refractivity contribution in [2.45, 2.75) is 6.92 Å². The van der Waals surface area contributed by atoms with Gasteiger partial charge in [0.2, 0.25) is 0 Å². The van der Waals surface area contributed by atoms with Crippen molar-refractivity contribution in [3.8, 4) is 0 Å². The van der Waals surface area contributed by atoms with Crippen molar-refractivity contribution in [2.24, 2.45) is 0 Å². The van der Waals surface area contributed by atoms with Gasteiger partial charge in [0.25, 0.3) is 0 Å². The van der Waals surface area contributed by atoms with Crippen molar-refractivity contribution in [1.82, 2.24) is 0 Å². The molecule has 0 spiro atoms. The van der Waals surface area contributed by atoms with Gasteiger partial charge >= 0.3 is 0 Å². The SMILES string of the molecule is CCOS.[Na]. The molecule has 0 N–H and O–H groups in total. The molecule has 0 aliphatic carbocycles. The van der Waals surface area contributed by atoms with Crippen molar-refractivity contribution in [1.29, 1.82) is 0 Å². The van der Waals surface area contributed by atoms with Gasteiger partial charge in [0.05, 0.1) is 6.61 Å². The Morgan fingerprint density at radius 2 is 2.00 bits per heavy atom. The average molecular weight is 101 g/mol. The smallest absolute Gasteiger partial charge is 0.0582 e. The molecule has 0 rings (SSSR count). The quantitative estimate of drug-likeness (QED) is 0.287. The zero-order chi connectivity index (χ0) is 3.41. The molecule has 0 fully saturated rings. The molecular formula is C2H6NaOS. The molecule has 0 saturated carbocycles. The van der Waals surface area contributed by atoms with Crippen molar-refractivity contribution < 1.29 is 4.18 Å². The first-order chi connectivity index (χ1) is 1.91. The fraction of sp³-hybridized carbons (Fsp3) is 1.00. The van der Waals surface area contributed by atoms with E-state index in [-0.39, 0.29) is 29.6 Å². The van der Waals surface area contributed by atoms with Gasteiger partial charge < -0.3 is 4.18 Å². The predicted octanol–water partition coefficient (Wildman–Crippen LogP) is 0.487. The molecule has 3 heteroatoms. The van der Waals surface area contributed by atoms with Gasteiger partial charge in [-0.25, -0.2) is 0 Å². The van der Waals surface area contributed by atoms with Crippen LogP contribution in [-0.4, -0.2) is 36.2 Å². The van der Waals surface area contributed by atoms with E-state index in [1.165, 1.54) is 0 Å². The average Bonchev–Trinajstić information content (AvgIpc) is 1.37. The Bertz CT molecular complexity index is 11.6. The molecule has 0 saturated heterocycles. The van der Waals surface area contributed by atoms with Crippen LogP contribution in [0.15, 0.2) is 0 Å². The van der Waals surface area contributed by atoms with E-state index in [9.17, 15) is 0 Å². The van der Waals surface area contributed by atoms with Gasteiger partial charge in [0.15, 0.2) is 0 Å². The minimum absolute atomic E-state index is 0. The monoisotopic (exact) mass is 101 g/mol. The summed E-state index contributed by atoms with van der Waals surface area (Å²) >= 11 is 3.42. The first-order valence-corrected chi connectivity index (χ1v) is 1.54. The Morgan fingerprint density at radius 1 is 1.80 bits per heavy atom. The zero-order valence-corrected chi connectivity index (χ0v) is 6.46. The van der Waals surface area contributed by atoms with Crippen LogP contribution in [0.2, 0.25) is 0 Å². The second kappa shape index (κ2) is 9.00. The molecule has 0 unspecified atom stereocenters. The van der Waals surface area contributed by atoms with Gasteiger partial charge in [-0.15, -0.1) is 0 Å². The third kappa shape index (κ3) is 10.9. The predicted molar refractivity (Wildman–Crippen MR) is 26.4 cm³/mol. The molecule has 0 bridgehead atoms. The van der Waals surface area contributed by atoms with Gasteiger partial charge in [-0.05, 0) is 19.8 Å². The maximum Gasteiger partial charge on any atom is 0.0582 e. The van der Waals surface area contributed by atoms with Crippen molar-refractivity contribution in [3.63, 3.8) is 0 Å². The number of thiol groups is 1. The largest absolute Gasteiger partial charge is 0.319 e. The van der Waals surface area contributed by atoms with Crippen LogP contribution in [0.5, 0.6) is 0 Å². The van der Waals surface area contributed by atoms with Crippen LogP contribution >= 0.6 is 12.9 Å². The van der Waals surface area contributed by atoms with Crippen LogP contribution in [0.25, 0.3) is 0 Å². The molecule has 27 valence electrons. The van der Waals surface area contributed by atoms with E-state index in [0.29, 0.717) is 6.61 Å². The van der Waals surface area contributed by atoms with E-state index in [1.54, 1.807) is 0 Å². The molecule has 5 heavy (non-hydrogen) atoms. The molecular weight excluding hydrogens is 95.1 g/mol. The van der Waals surface area contributed by atoms with Crippen LogP contribution in [0.1, 0.15) is 6.92 Å². The van der Waals surface area contributed by atoms with Crippen molar-refractivity contribution in [2.75, 3.05) is 6.61 Å². The Morgan fingerprint density at radius 3 is 2.00 bits per heavy atom. The van der Waals surface area contributed by atoms with Crippen LogP contribution < -0.4 is 0 Å². The molecule has 0 aromatic carbocycles. The zero-order valence-electron chi connectivity index (χ0n) is 3.56. The van der Waals surface area contributed by atoms with E-state index in [4.69, 9.17) is 0 Å². The van der Waals surface area contributed by atoms with Gasteiger partial charge in [-0.3, -0.25) is 0 Å². The summed E-state index contributed by atoms with van der Waals surface area (Å²) in [5, 5.41) is 0. The summed E-state index contributed by atoms with van der Waals surface area (Å²) in [7, 11) is 0. The summed E-state index contributed by atoms with van der Waals surface area (Å²) in [5.41, 5.74) is 0. The minimum atomic E-state index is 0. The van der Waals surface area contributed by atoms with Gasteiger partial charge in [0.1, 0.15) is 0 Å². The molecule has 0 heterocycles. The van der Waals surface area contributed by atoms with E-state index in [0.717, 1.165) is 0 Å². The van der Waals surface area contributed by atoms with Gasteiger partial charge in [-0.1, -0.05) is 0 Å². The van der Waals surface area contributed by atoms with Crippen LogP contribution in [0, 0.1) is 0 Å². The second-order valence-electron chi connectivity index (χ2n) is 0.418. The first kappa shape index (κ1) is 9.58. The third-order valence-corrected chi connectivity index (χ3v) is 0.387. The maximum atomic E-state index is 4.24. The molecule has 0 aliphatic rings. The molecule has 0 aromatic heterocycles. The second-order valence-corrected chi connectivity index (χ2v) is 0.676. The number of hydrogen-bond acceptors (Lipinski definition) is 2. The van der Waals surface area contributed by atoms with Crippen LogP contribution in [-0.2, 0) is 4.18 Å². The maximum absolute atomic E-state index is 4.24. The van der Waals surface area contributed by atoms with E-state index >= 15 is 0 Å². The molecule has 0 aromatic rings. The molecule has 0 amide bonds. The standard InChI is InChI=1S/C2H6OS.Na/c1-2-3-4;/h4H,2H2,1H3;. The van der Waals surface area contributed by atoms with Crippen LogP contribution in [0.3, 0.4) is 0 Å². The summed E-state index contributed by atoms with van der Waals surface area (Å²) in [6.07, 6.45) is 0. The van der Waals surface area contributed by atoms with Crippen molar-refractivity contribution >= 4 is 42.5 Å². The van der Waals surface area contributed by atoms with E-state index in [1.807, 2.05) is 6.92 Å². The Balaban J connectivity index is 0. The molecule has 1 radical (unpaired) electrons. The summed E-state index contributed by atoms with van der Waals surface area (Å²) in [6, 6.07) is 0. The topological polar surface area (TPSA) is 9.23 Å². The number of rotatable bonds is 1. The fourth-order valence-corrected chi connectivity index (χ4v) is 0. The minimum Gasteiger partial charge on any atom is -0.319 e. The summed E-state index contributed by atoms with van der Waals surface area (Å²) in [4.78, 5) is 0. The van der Waals surface area contributed by atoms with Gasteiger partial charge in [-0.2, -0.15) is 0 Å². The third-order valence-electron chi connectivity index (χ3n) is 0.129. The molecule has 1 nitrogen and oxygen atoms in total. The van der Waals surface area contributed by atoms with Gasteiger partial charge in [0, 0.05) is 29.6 Å².